The summed E-state index contributed by atoms with van der Waals surface area (Å²) in [7, 11) is 0. The van der Waals surface area contributed by atoms with E-state index in [-0.39, 0.29) is 0 Å². The van der Waals surface area contributed by atoms with Gasteiger partial charge in [0.25, 0.3) is 0 Å². The van der Waals surface area contributed by atoms with Crippen LogP contribution >= 0.6 is 0 Å². The van der Waals surface area contributed by atoms with Gasteiger partial charge < -0.3 is 9.47 Å². The predicted octanol–water partition coefficient (Wildman–Crippen LogP) is 2.48. The van der Waals surface area contributed by atoms with Crippen molar-refractivity contribution in [2.24, 2.45) is 0 Å². The van der Waals surface area contributed by atoms with E-state index in [1.165, 1.54) is 0 Å². The third-order valence-corrected chi connectivity index (χ3v) is 4.35. The maximum absolute atomic E-state index is 11.6. The SMILES string of the molecule is O=C1OC(=O)c2cc(CCCc3ccc4c(c3)C(=O)OC4=O)ccc21. The molecule has 0 N–H and O–H groups in total. The minimum atomic E-state index is -0.608. The van der Waals surface area contributed by atoms with Gasteiger partial charge >= 0.3 is 23.9 Å². The van der Waals surface area contributed by atoms with Crippen molar-refractivity contribution in [1.82, 2.24) is 0 Å². The molecule has 2 aliphatic rings. The average Bonchev–Trinajstić information content (AvgIpc) is 3.04. The average molecular weight is 336 g/mol. The van der Waals surface area contributed by atoms with Crippen molar-refractivity contribution in [1.29, 1.82) is 0 Å². The van der Waals surface area contributed by atoms with E-state index in [1.54, 1.807) is 36.4 Å². The van der Waals surface area contributed by atoms with Gasteiger partial charge in [-0.3, -0.25) is 0 Å². The Balaban J connectivity index is 1.44. The molecule has 6 nitrogen and oxygen atoms in total. The number of rotatable bonds is 4. The molecule has 2 aromatic carbocycles. The van der Waals surface area contributed by atoms with Gasteiger partial charge in [-0.1, -0.05) is 12.1 Å². The van der Waals surface area contributed by atoms with E-state index in [4.69, 9.17) is 0 Å². The summed E-state index contributed by atoms with van der Waals surface area (Å²) in [6.07, 6.45) is 2.19. The maximum atomic E-state index is 11.6. The first-order chi connectivity index (χ1) is 12.0. The van der Waals surface area contributed by atoms with Crippen molar-refractivity contribution < 1.29 is 28.7 Å². The number of carbonyl (C=O) groups is 4. The number of aryl methyl sites for hydroxylation is 2. The highest BCUT2D eigenvalue weighted by atomic mass is 16.6. The summed E-state index contributed by atoms with van der Waals surface area (Å²) in [6.45, 7) is 0. The number of ether oxygens (including phenoxy) is 2. The molecule has 0 saturated heterocycles. The van der Waals surface area contributed by atoms with Crippen molar-refractivity contribution in [2.75, 3.05) is 0 Å². The van der Waals surface area contributed by atoms with Crippen LogP contribution in [0.3, 0.4) is 0 Å². The van der Waals surface area contributed by atoms with Crippen LogP contribution in [0.4, 0.5) is 0 Å². The molecule has 0 amide bonds. The lowest BCUT2D eigenvalue weighted by Gasteiger charge is -2.04. The molecule has 0 bridgehead atoms. The molecule has 0 aromatic heterocycles. The highest BCUT2D eigenvalue weighted by molar-refractivity contribution is 6.15. The van der Waals surface area contributed by atoms with Crippen LogP contribution in [0.15, 0.2) is 36.4 Å². The number of benzene rings is 2. The zero-order valence-corrected chi connectivity index (χ0v) is 13.0. The van der Waals surface area contributed by atoms with Crippen molar-refractivity contribution >= 4 is 23.9 Å². The highest BCUT2D eigenvalue weighted by Gasteiger charge is 2.30. The molecule has 0 radical (unpaired) electrons. The van der Waals surface area contributed by atoms with Gasteiger partial charge in [-0.05, 0) is 54.7 Å². The Morgan fingerprint density at radius 2 is 0.960 bits per heavy atom. The van der Waals surface area contributed by atoms with Crippen LogP contribution in [0.5, 0.6) is 0 Å². The zero-order chi connectivity index (χ0) is 17.6. The maximum Gasteiger partial charge on any atom is 0.346 e. The van der Waals surface area contributed by atoms with Crippen LogP contribution < -0.4 is 0 Å². The van der Waals surface area contributed by atoms with Crippen LogP contribution in [0.1, 0.15) is 59.0 Å². The lowest BCUT2D eigenvalue weighted by molar-refractivity contribution is 0.0425. The topological polar surface area (TPSA) is 86.7 Å². The van der Waals surface area contributed by atoms with E-state index >= 15 is 0 Å². The smallest absolute Gasteiger partial charge is 0.346 e. The van der Waals surface area contributed by atoms with Gasteiger partial charge in [-0.25, -0.2) is 19.2 Å². The monoisotopic (exact) mass is 336 g/mol. The number of hydrogen-bond donors (Lipinski definition) is 0. The minimum absolute atomic E-state index is 0.301. The summed E-state index contributed by atoms with van der Waals surface area (Å²) in [4.78, 5) is 46.0. The third kappa shape index (κ3) is 2.61. The molecule has 0 atom stereocenters. The van der Waals surface area contributed by atoms with E-state index in [9.17, 15) is 19.2 Å². The molecule has 2 aromatic rings. The molecule has 4 rings (SSSR count). The molecule has 6 heteroatoms. The summed E-state index contributed by atoms with van der Waals surface area (Å²) in [6, 6.07) is 10.2. The number of hydrogen-bond acceptors (Lipinski definition) is 6. The summed E-state index contributed by atoms with van der Waals surface area (Å²) in [5.41, 5.74) is 3.08. The molecule has 0 spiro atoms. The molecule has 124 valence electrons. The molecule has 0 unspecified atom stereocenters. The van der Waals surface area contributed by atoms with Crippen LogP contribution in [0.2, 0.25) is 0 Å². The lowest BCUT2D eigenvalue weighted by atomic mass is 9.98. The molecule has 0 aliphatic carbocycles. The molecular weight excluding hydrogens is 324 g/mol. The van der Waals surface area contributed by atoms with Crippen LogP contribution in [0.25, 0.3) is 0 Å². The van der Waals surface area contributed by atoms with E-state index in [2.05, 4.69) is 9.47 Å². The number of esters is 4. The second-order valence-electron chi connectivity index (χ2n) is 5.97. The molecule has 2 heterocycles. The Labute approximate surface area is 142 Å². The summed E-state index contributed by atoms with van der Waals surface area (Å²) >= 11 is 0. The number of fused-ring (bicyclic) bond motifs is 2. The quantitative estimate of drug-likeness (QED) is 0.630. The summed E-state index contributed by atoms with van der Waals surface area (Å²) < 4.78 is 9.15. The minimum Gasteiger partial charge on any atom is -0.386 e. The molecular formula is C19H12O6. The van der Waals surface area contributed by atoms with Gasteiger partial charge in [0.1, 0.15) is 0 Å². The Morgan fingerprint density at radius 1 is 0.560 bits per heavy atom. The van der Waals surface area contributed by atoms with Gasteiger partial charge in [0, 0.05) is 0 Å². The Morgan fingerprint density at radius 3 is 1.40 bits per heavy atom. The first kappa shape index (κ1) is 15.3. The lowest BCUT2D eigenvalue weighted by Crippen LogP contribution is -1.98. The Bertz CT molecular complexity index is 879. The Hall–Kier alpha value is -3.28. The summed E-state index contributed by atoms with van der Waals surface area (Å²) in [5, 5.41) is 0. The molecule has 0 saturated carbocycles. The Kier molecular flexibility index (Phi) is 3.46. The van der Waals surface area contributed by atoms with E-state index < -0.39 is 23.9 Å². The van der Waals surface area contributed by atoms with Crippen LogP contribution in [0, 0.1) is 0 Å². The van der Waals surface area contributed by atoms with Gasteiger partial charge in [-0.2, -0.15) is 0 Å². The van der Waals surface area contributed by atoms with Crippen LogP contribution in [-0.4, -0.2) is 23.9 Å². The first-order valence-electron chi connectivity index (χ1n) is 7.82. The molecule has 2 aliphatic heterocycles. The zero-order valence-electron chi connectivity index (χ0n) is 13.0. The molecule has 25 heavy (non-hydrogen) atoms. The fourth-order valence-corrected chi connectivity index (χ4v) is 3.07. The number of cyclic esters (lactones) is 4. The standard InChI is InChI=1S/C19H12O6/c20-16-12-6-4-10(8-14(12)18(22)24-16)2-1-3-11-5-7-13-15(9-11)19(23)25-17(13)21/h4-9H,1-3H2. The fourth-order valence-electron chi connectivity index (χ4n) is 3.07. The van der Waals surface area contributed by atoms with E-state index in [0.29, 0.717) is 35.1 Å². The van der Waals surface area contributed by atoms with Crippen molar-refractivity contribution in [2.45, 2.75) is 19.3 Å². The predicted molar refractivity (Wildman–Crippen MR) is 84.4 cm³/mol. The second kappa shape index (κ2) is 5.66. The second-order valence-corrected chi connectivity index (χ2v) is 5.97. The normalized spacial score (nSPS) is 15.0. The fraction of sp³-hybridized carbons (Fsp3) is 0.158. The largest absolute Gasteiger partial charge is 0.386 e. The van der Waals surface area contributed by atoms with Crippen molar-refractivity contribution in [3.8, 4) is 0 Å². The van der Waals surface area contributed by atoms with Crippen molar-refractivity contribution in [3.63, 3.8) is 0 Å². The molecule has 0 fully saturated rings. The number of carbonyl (C=O) groups excluding carboxylic acids is 4. The van der Waals surface area contributed by atoms with Gasteiger partial charge in [0.2, 0.25) is 0 Å². The first-order valence-corrected chi connectivity index (χ1v) is 7.82. The van der Waals surface area contributed by atoms with Gasteiger partial charge in [0.05, 0.1) is 22.3 Å². The van der Waals surface area contributed by atoms with Crippen molar-refractivity contribution in [3.05, 3.63) is 69.8 Å². The van der Waals surface area contributed by atoms with Crippen LogP contribution in [-0.2, 0) is 22.3 Å². The van der Waals surface area contributed by atoms with E-state index in [0.717, 1.165) is 17.5 Å². The third-order valence-electron chi connectivity index (χ3n) is 4.35. The van der Waals surface area contributed by atoms with Gasteiger partial charge in [-0.15, -0.1) is 0 Å². The van der Waals surface area contributed by atoms with Gasteiger partial charge in [0.15, 0.2) is 0 Å². The highest BCUT2D eigenvalue weighted by Crippen LogP contribution is 2.24. The summed E-state index contributed by atoms with van der Waals surface area (Å²) in [5.74, 6) is -2.43. The van der Waals surface area contributed by atoms with E-state index in [1.807, 2.05) is 0 Å².